The van der Waals surface area contributed by atoms with Crippen LogP contribution in [-0.2, 0) is 0 Å². The lowest BCUT2D eigenvalue weighted by molar-refractivity contribution is 0.281. The lowest BCUT2D eigenvalue weighted by Gasteiger charge is -2.12. The van der Waals surface area contributed by atoms with E-state index in [1.165, 1.54) is 0 Å². The van der Waals surface area contributed by atoms with E-state index in [1.807, 2.05) is 6.92 Å². The number of aromatic nitrogens is 2. The van der Waals surface area contributed by atoms with E-state index < -0.39 is 0 Å². The maximum atomic E-state index is 8.92. The van der Waals surface area contributed by atoms with Gasteiger partial charge in [0.05, 0.1) is 6.61 Å². The summed E-state index contributed by atoms with van der Waals surface area (Å²) in [5.74, 6) is 1.99. The summed E-state index contributed by atoms with van der Waals surface area (Å²) in [5.41, 5.74) is 0. The molecule has 1 atom stereocenters. The van der Waals surface area contributed by atoms with Crippen molar-refractivity contribution in [3.05, 3.63) is 17.0 Å². The van der Waals surface area contributed by atoms with Gasteiger partial charge in [-0.2, -0.15) is 0 Å². The SMILES string of the molecule is CC(CO)Nc1cc(Cl)nc(C2CC2)n1. The number of anilines is 1. The highest BCUT2D eigenvalue weighted by Crippen LogP contribution is 2.38. The predicted molar refractivity (Wildman–Crippen MR) is 59.2 cm³/mol. The molecule has 4 nitrogen and oxygen atoms in total. The second-order valence-corrected chi connectivity index (χ2v) is 4.32. The van der Waals surface area contributed by atoms with Gasteiger partial charge < -0.3 is 10.4 Å². The highest BCUT2D eigenvalue weighted by molar-refractivity contribution is 6.29. The van der Waals surface area contributed by atoms with Crippen molar-refractivity contribution in [2.45, 2.75) is 31.7 Å². The van der Waals surface area contributed by atoms with Crippen LogP contribution in [0.5, 0.6) is 0 Å². The van der Waals surface area contributed by atoms with Gasteiger partial charge in [0, 0.05) is 18.0 Å². The van der Waals surface area contributed by atoms with E-state index in [2.05, 4.69) is 15.3 Å². The molecule has 0 aliphatic heterocycles. The first-order chi connectivity index (χ1) is 7.19. The molecule has 0 spiro atoms. The number of hydrogen-bond donors (Lipinski definition) is 2. The van der Waals surface area contributed by atoms with Gasteiger partial charge in [-0.05, 0) is 19.8 Å². The number of aliphatic hydroxyl groups is 1. The van der Waals surface area contributed by atoms with Crippen LogP contribution >= 0.6 is 11.6 Å². The number of nitrogens with zero attached hydrogens (tertiary/aromatic N) is 2. The Balaban J connectivity index is 2.15. The van der Waals surface area contributed by atoms with E-state index in [0.717, 1.165) is 18.7 Å². The third-order valence-corrected chi connectivity index (χ3v) is 2.52. The molecule has 15 heavy (non-hydrogen) atoms. The van der Waals surface area contributed by atoms with Crippen LogP contribution in [0.4, 0.5) is 5.82 Å². The first-order valence-electron chi connectivity index (χ1n) is 5.11. The van der Waals surface area contributed by atoms with E-state index >= 15 is 0 Å². The quantitative estimate of drug-likeness (QED) is 0.771. The van der Waals surface area contributed by atoms with Crippen LogP contribution in [0.15, 0.2) is 6.07 Å². The van der Waals surface area contributed by atoms with Crippen LogP contribution in [0.25, 0.3) is 0 Å². The number of halogens is 1. The van der Waals surface area contributed by atoms with Gasteiger partial charge in [-0.15, -0.1) is 0 Å². The Hall–Kier alpha value is -0.870. The molecule has 1 heterocycles. The molecule has 0 bridgehead atoms. The van der Waals surface area contributed by atoms with Crippen molar-refractivity contribution in [3.8, 4) is 0 Å². The summed E-state index contributed by atoms with van der Waals surface area (Å²) in [7, 11) is 0. The fourth-order valence-electron chi connectivity index (χ4n) is 1.33. The Morgan fingerprint density at radius 2 is 2.33 bits per heavy atom. The van der Waals surface area contributed by atoms with Gasteiger partial charge in [-0.3, -0.25) is 0 Å². The van der Waals surface area contributed by atoms with Crippen molar-refractivity contribution in [1.82, 2.24) is 9.97 Å². The molecule has 5 heteroatoms. The van der Waals surface area contributed by atoms with Crippen LogP contribution in [0, 0.1) is 0 Å². The fraction of sp³-hybridized carbons (Fsp3) is 0.600. The molecule has 2 N–H and O–H groups in total. The molecule has 1 fully saturated rings. The lowest BCUT2D eigenvalue weighted by atomic mass is 10.3. The molecular formula is C10H14ClN3O. The molecule has 0 saturated heterocycles. The van der Waals surface area contributed by atoms with Crippen LogP contribution in [0.2, 0.25) is 5.15 Å². The zero-order chi connectivity index (χ0) is 10.8. The maximum absolute atomic E-state index is 8.92. The number of hydrogen-bond acceptors (Lipinski definition) is 4. The molecule has 1 aliphatic rings. The topological polar surface area (TPSA) is 58.0 Å². The average molecular weight is 228 g/mol. The molecule has 1 aliphatic carbocycles. The Morgan fingerprint density at radius 1 is 1.60 bits per heavy atom. The Kier molecular flexibility index (Phi) is 3.07. The fourth-order valence-corrected chi connectivity index (χ4v) is 1.52. The molecule has 1 unspecified atom stereocenters. The lowest BCUT2D eigenvalue weighted by Crippen LogP contribution is -2.20. The van der Waals surface area contributed by atoms with Crippen molar-refractivity contribution >= 4 is 17.4 Å². The van der Waals surface area contributed by atoms with E-state index in [4.69, 9.17) is 16.7 Å². The van der Waals surface area contributed by atoms with Crippen LogP contribution < -0.4 is 5.32 Å². The normalized spacial score (nSPS) is 17.5. The van der Waals surface area contributed by atoms with Gasteiger partial charge in [0.25, 0.3) is 0 Å². The summed E-state index contributed by atoms with van der Waals surface area (Å²) in [6.45, 7) is 1.95. The summed E-state index contributed by atoms with van der Waals surface area (Å²) in [6, 6.07) is 1.66. The molecule has 1 aromatic heterocycles. The highest BCUT2D eigenvalue weighted by atomic mass is 35.5. The smallest absolute Gasteiger partial charge is 0.135 e. The minimum absolute atomic E-state index is 0.0250. The predicted octanol–water partition coefficient (Wildman–Crippen LogP) is 1.80. The molecule has 0 amide bonds. The third kappa shape index (κ3) is 2.79. The molecule has 1 saturated carbocycles. The molecule has 0 aromatic carbocycles. The molecule has 82 valence electrons. The van der Waals surface area contributed by atoms with Gasteiger partial charge >= 0.3 is 0 Å². The van der Waals surface area contributed by atoms with Crippen LogP contribution in [0.1, 0.15) is 31.5 Å². The van der Waals surface area contributed by atoms with Crippen LogP contribution in [-0.4, -0.2) is 27.7 Å². The second-order valence-electron chi connectivity index (χ2n) is 3.94. The van der Waals surface area contributed by atoms with E-state index in [1.54, 1.807) is 6.07 Å². The largest absolute Gasteiger partial charge is 0.394 e. The van der Waals surface area contributed by atoms with Gasteiger partial charge in [-0.1, -0.05) is 11.6 Å². The standard InChI is InChI=1S/C10H14ClN3O/c1-6(5-15)12-9-4-8(11)13-10(14-9)7-2-3-7/h4,6-7,15H,2-3,5H2,1H3,(H,12,13,14). The Morgan fingerprint density at radius 3 is 2.93 bits per heavy atom. The highest BCUT2D eigenvalue weighted by Gasteiger charge is 2.27. The van der Waals surface area contributed by atoms with Crippen molar-refractivity contribution in [2.24, 2.45) is 0 Å². The van der Waals surface area contributed by atoms with Crippen molar-refractivity contribution in [1.29, 1.82) is 0 Å². The van der Waals surface area contributed by atoms with Crippen molar-refractivity contribution < 1.29 is 5.11 Å². The maximum Gasteiger partial charge on any atom is 0.135 e. The van der Waals surface area contributed by atoms with Gasteiger partial charge in [-0.25, -0.2) is 9.97 Å². The summed E-state index contributed by atoms with van der Waals surface area (Å²) in [4.78, 5) is 8.55. The van der Waals surface area contributed by atoms with Gasteiger partial charge in [0.1, 0.15) is 16.8 Å². The van der Waals surface area contributed by atoms with Crippen molar-refractivity contribution in [2.75, 3.05) is 11.9 Å². The first kappa shape index (κ1) is 10.6. The number of nitrogens with one attached hydrogen (secondary N) is 1. The Bertz CT molecular complexity index is 355. The van der Waals surface area contributed by atoms with Crippen molar-refractivity contribution in [3.63, 3.8) is 0 Å². The van der Waals surface area contributed by atoms with E-state index in [-0.39, 0.29) is 12.6 Å². The summed E-state index contributed by atoms with van der Waals surface area (Å²) >= 11 is 5.89. The van der Waals surface area contributed by atoms with Gasteiger partial charge in [0.2, 0.25) is 0 Å². The first-order valence-corrected chi connectivity index (χ1v) is 5.48. The molecule has 2 rings (SSSR count). The molecule has 0 radical (unpaired) electrons. The molecular weight excluding hydrogens is 214 g/mol. The van der Waals surface area contributed by atoms with Gasteiger partial charge in [0.15, 0.2) is 0 Å². The number of aliphatic hydroxyl groups excluding tert-OH is 1. The van der Waals surface area contributed by atoms with Crippen LogP contribution in [0.3, 0.4) is 0 Å². The minimum atomic E-state index is -0.0250. The minimum Gasteiger partial charge on any atom is -0.394 e. The third-order valence-electron chi connectivity index (χ3n) is 2.32. The summed E-state index contributed by atoms with van der Waals surface area (Å²) in [6.07, 6.45) is 2.30. The monoisotopic (exact) mass is 227 g/mol. The zero-order valence-corrected chi connectivity index (χ0v) is 9.33. The van der Waals surface area contributed by atoms with E-state index in [0.29, 0.717) is 16.9 Å². The molecule has 1 aromatic rings. The zero-order valence-electron chi connectivity index (χ0n) is 8.57. The second kappa shape index (κ2) is 4.33. The Labute approximate surface area is 93.7 Å². The summed E-state index contributed by atoms with van der Waals surface area (Å²) in [5, 5.41) is 12.4. The van der Waals surface area contributed by atoms with E-state index in [9.17, 15) is 0 Å². The summed E-state index contributed by atoms with van der Waals surface area (Å²) < 4.78 is 0. The average Bonchev–Trinajstić information content (AvgIpc) is 2.99. The number of rotatable bonds is 4.